The number of piperazine rings is 1. The van der Waals surface area contributed by atoms with Crippen molar-refractivity contribution in [2.45, 2.75) is 34.1 Å². The fraction of sp³-hybridized carbons (Fsp3) is 0.423. The van der Waals surface area contributed by atoms with Crippen LogP contribution < -0.4 is 15.0 Å². The summed E-state index contributed by atoms with van der Waals surface area (Å²) in [6.07, 6.45) is 0.973. The van der Waals surface area contributed by atoms with Crippen LogP contribution in [-0.4, -0.2) is 47.7 Å². The first-order valence-corrected chi connectivity index (χ1v) is 12.6. The number of fused-ring (bicyclic) bond motifs is 3. The second kappa shape index (κ2) is 9.23. The summed E-state index contributed by atoms with van der Waals surface area (Å²) in [4.78, 5) is 18.3. The summed E-state index contributed by atoms with van der Waals surface area (Å²) in [7, 11) is 0. The van der Waals surface area contributed by atoms with Crippen molar-refractivity contribution in [3.63, 3.8) is 0 Å². The zero-order valence-electron chi connectivity index (χ0n) is 19.8. The van der Waals surface area contributed by atoms with E-state index in [0.29, 0.717) is 18.4 Å². The lowest BCUT2D eigenvalue weighted by Crippen LogP contribution is -2.44. The number of rotatable bonds is 6. The van der Waals surface area contributed by atoms with Gasteiger partial charge in [-0.3, -0.25) is 0 Å². The van der Waals surface area contributed by atoms with Crippen LogP contribution in [0.4, 0.5) is 5.95 Å². The van der Waals surface area contributed by atoms with E-state index in [9.17, 15) is 0 Å². The second-order valence-electron chi connectivity index (χ2n) is 9.09. The molecular weight excluding hydrogens is 430 g/mol. The molecule has 0 atom stereocenters. The third-order valence-electron chi connectivity index (χ3n) is 5.98. The van der Waals surface area contributed by atoms with Crippen LogP contribution >= 0.6 is 11.3 Å². The van der Waals surface area contributed by atoms with E-state index in [4.69, 9.17) is 19.7 Å². The number of ether oxygens (including phenoxy) is 1. The Kier molecular flexibility index (Phi) is 6.17. The zero-order chi connectivity index (χ0) is 22.9. The smallest absolute Gasteiger partial charge is 0.236 e. The first-order chi connectivity index (χ1) is 16.0. The van der Waals surface area contributed by atoms with Gasteiger partial charge in [0.15, 0.2) is 0 Å². The number of thiophene rings is 1. The summed E-state index contributed by atoms with van der Waals surface area (Å²) in [5.41, 5.74) is 5.67. The topological polar surface area (TPSA) is 63.2 Å². The third kappa shape index (κ3) is 4.39. The molecule has 1 saturated heterocycles. The first-order valence-electron chi connectivity index (χ1n) is 11.8. The Morgan fingerprint density at radius 2 is 1.85 bits per heavy atom. The Morgan fingerprint density at radius 3 is 2.55 bits per heavy atom. The number of aromatic nitrogens is 3. The van der Waals surface area contributed by atoms with Crippen LogP contribution in [0.3, 0.4) is 0 Å². The summed E-state index contributed by atoms with van der Waals surface area (Å²) in [5.74, 6) is 1.95. The predicted octanol–water partition coefficient (Wildman–Crippen LogP) is 5.22. The van der Waals surface area contributed by atoms with Gasteiger partial charge >= 0.3 is 0 Å². The maximum atomic E-state index is 6.02. The SMILES string of the molecule is CCOc1nc(N2CCNCC2)nc2c1sc1nc(-c3ccc(C)cc3)cc(CC(C)C)c12. The third-order valence-corrected chi connectivity index (χ3v) is 7.04. The molecule has 7 heteroatoms. The van der Waals surface area contributed by atoms with E-state index < -0.39 is 0 Å². The molecule has 0 spiro atoms. The molecule has 6 nitrogen and oxygen atoms in total. The van der Waals surface area contributed by atoms with Gasteiger partial charge < -0.3 is 15.0 Å². The van der Waals surface area contributed by atoms with Gasteiger partial charge in [0, 0.05) is 37.1 Å². The van der Waals surface area contributed by atoms with Crippen molar-refractivity contribution >= 4 is 37.7 Å². The highest BCUT2D eigenvalue weighted by Crippen LogP contribution is 2.41. The Hall–Kier alpha value is -2.77. The molecule has 0 bridgehead atoms. The number of benzene rings is 1. The summed E-state index contributed by atoms with van der Waals surface area (Å²) >= 11 is 1.64. The molecule has 0 amide bonds. The minimum Gasteiger partial charge on any atom is -0.477 e. The van der Waals surface area contributed by atoms with Crippen LogP contribution in [-0.2, 0) is 6.42 Å². The lowest BCUT2D eigenvalue weighted by molar-refractivity contribution is 0.331. The van der Waals surface area contributed by atoms with Crippen molar-refractivity contribution < 1.29 is 4.74 Å². The highest BCUT2D eigenvalue weighted by molar-refractivity contribution is 7.25. The maximum Gasteiger partial charge on any atom is 0.236 e. The fourth-order valence-corrected chi connectivity index (χ4v) is 5.49. The van der Waals surface area contributed by atoms with Crippen molar-refractivity contribution in [2.24, 2.45) is 5.92 Å². The lowest BCUT2D eigenvalue weighted by Gasteiger charge is -2.27. The molecule has 5 rings (SSSR count). The molecule has 0 radical (unpaired) electrons. The standard InChI is InChI=1S/C26H31N5OS/c1-5-32-24-23-22(29-26(30-24)31-12-10-27-11-13-31)21-19(14-16(2)3)15-20(28-25(21)33-23)18-8-6-17(4)7-9-18/h6-9,15-16,27H,5,10-14H2,1-4H3. The van der Waals surface area contributed by atoms with E-state index in [1.54, 1.807) is 11.3 Å². The fourth-order valence-electron chi connectivity index (χ4n) is 4.39. The largest absolute Gasteiger partial charge is 0.477 e. The van der Waals surface area contributed by atoms with Gasteiger partial charge in [0.25, 0.3) is 0 Å². The second-order valence-corrected chi connectivity index (χ2v) is 10.1. The molecule has 0 unspecified atom stereocenters. The molecule has 0 saturated carbocycles. The van der Waals surface area contributed by atoms with Gasteiger partial charge in [0.05, 0.1) is 12.3 Å². The molecule has 0 aliphatic carbocycles. The Labute approximate surface area is 199 Å². The van der Waals surface area contributed by atoms with Crippen LogP contribution in [0.1, 0.15) is 31.9 Å². The number of hydrogen-bond acceptors (Lipinski definition) is 7. The van der Waals surface area contributed by atoms with Gasteiger partial charge in [-0.25, -0.2) is 9.97 Å². The van der Waals surface area contributed by atoms with Gasteiger partial charge in [0.1, 0.15) is 15.0 Å². The Bertz CT molecular complexity index is 1280. The van der Waals surface area contributed by atoms with Crippen LogP contribution in [0.5, 0.6) is 5.88 Å². The Morgan fingerprint density at radius 1 is 1.09 bits per heavy atom. The minimum absolute atomic E-state index is 0.525. The normalized spacial score (nSPS) is 14.5. The quantitative estimate of drug-likeness (QED) is 0.425. The molecular formula is C26H31N5OS. The van der Waals surface area contributed by atoms with Crippen LogP contribution in [0.2, 0.25) is 0 Å². The monoisotopic (exact) mass is 461 g/mol. The number of hydrogen-bond donors (Lipinski definition) is 1. The van der Waals surface area contributed by atoms with Crippen molar-refractivity contribution in [1.29, 1.82) is 0 Å². The highest BCUT2D eigenvalue weighted by Gasteiger charge is 2.22. The maximum absolute atomic E-state index is 6.02. The zero-order valence-corrected chi connectivity index (χ0v) is 20.6. The van der Waals surface area contributed by atoms with Gasteiger partial charge in [-0.2, -0.15) is 4.98 Å². The summed E-state index contributed by atoms with van der Waals surface area (Å²) < 4.78 is 7.01. The van der Waals surface area contributed by atoms with E-state index >= 15 is 0 Å². The molecule has 172 valence electrons. The number of nitrogens with zero attached hydrogens (tertiary/aromatic N) is 4. The van der Waals surface area contributed by atoms with Gasteiger partial charge in [0.2, 0.25) is 11.8 Å². The van der Waals surface area contributed by atoms with Gasteiger partial charge in [-0.15, -0.1) is 11.3 Å². The molecule has 1 N–H and O–H groups in total. The predicted molar refractivity (Wildman–Crippen MR) is 138 cm³/mol. The van der Waals surface area contributed by atoms with Crippen LogP contribution in [0.15, 0.2) is 30.3 Å². The van der Waals surface area contributed by atoms with E-state index in [2.05, 4.69) is 61.3 Å². The molecule has 1 aromatic carbocycles. The molecule has 1 aliphatic rings. The van der Waals surface area contributed by atoms with E-state index in [1.807, 2.05) is 6.92 Å². The van der Waals surface area contributed by atoms with Gasteiger partial charge in [-0.05, 0) is 37.8 Å². The van der Waals surface area contributed by atoms with E-state index in [1.165, 1.54) is 11.1 Å². The number of anilines is 1. The summed E-state index contributed by atoms with van der Waals surface area (Å²) in [6.45, 7) is 12.9. The van der Waals surface area contributed by atoms with E-state index in [-0.39, 0.29) is 0 Å². The first kappa shape index (κ1) is 22.0. The van der Waals surface area contributed by atoms with Crippen molar-refractivity contribution in [3.05, 3.63) is 41.5 Å². The molecule has 1 fully saturated rings. The highest BCUT2D eigenvalue weighted by atomic mass is 32.1. The summed E-state index contributed by atoms with van der Waals surface area (Å²) in [6, 6.07) is 10.9. The van der Waals surface area contributed by atoms with E-state index in [0.717, 1.165) is 70.2 Å². The molecule has 33 heavy (non-hydrogen) atoms. The minimum atomic E-state index is 0.525. The lowest BCUT2D eigenvalue weighted by atomic mass is 9.98. The number of pyridine rings is 1. The summed E-state index contributed by atoms with van der Waals surface area (Å²) in [5, 5.41) is 4.56. The van der Waals surface area contributed by atoms with Crippen molar-refractivity contribution in [3.8, 4) is 17.1 Å². The van der Waals surface area contributed by atoms with Gasteiger partial charge in [-0.1, -0.05) is 43.7 Å². The Balaban J connectivity index is 1.74. The average Bonchev–Trinajstić information content (AvgIpc) is 3.19. The molecule has 4 heterocycles. The molecule has 4 aromatic rings. The molecule has 1 aliphatic heterocycles. The van der Waals surface area contributed by atoms with Crippen LogP contribution in [0.25, 0.3) is 31.7 Å². The van der Waals surface area contributed by atoms with Crippen molar-refractivity contribution in [1.82, 2.24) is 20.3 Å². The van der Waals surface area contributed by atoms with Crippen molar-refractivity contribution in [2.75, 3.05) is 37.7 Å². The van der Waals surface area contributed by atoms with Crippen LogP contribution in [0, 0.1) is 12.8 Å². The average molecular weight is 462 g/mol. The number of aryl methyl sites for hydroxylation is 1. The number of nitrogens with one attached hydrogen (secondary N) is 1. The molecule has 3 aromatic heterocycles.